The third-order valence-corrected chi connectivity index (χ3v) is 2.39. The van der Waals surface area contributed by atoms with Crippen molar-refractivity contribution in [3.63, 3.8) is 0 Å². The Kier molecular flexibility index (Phi) is 2.26. The van der Waals surface area contributed by atoms with Crippen molar-refractivity contribution >= 4 is 0 Å². The van der Waals surface area contributed by atoms with E-state index in [0.717, 1.165) is 0 Å². The van der Waals surface area contributed by atoms with Gasteiger partial charge in [-0.1, -0.05) is 36.4 Å². The van der Waals surface area contributed by atoms with E-state index in [1.54, 1.807) is 0 Å². The highest BCUT2D eigenvalue weighted by atomic mass is 14.1. The van der Waals surface area contributed by atoms with Crippen LogP contribution in [0.25, 0.3) is 0 Å². The van der Waals surface area contributed by atoms with Crippen LogP contribution in [0.15, 0.2) is 36.4 Å². The monoisotopic (exact) mass is 157 g/mol. The lowest BCUT2D eigenvalue weighted by molar-refractivity contribution is 0.654. The summed E-state index contributed by atoms with van der Waals surface area (Å²) in [6, 6.07) is 11.6. The molecule has 0 N–H and O–H groups in total. The van der Waals surface area contributed by atoms with E-state index in [0.29, 0.717) is 5.92 Å². The van der Waals surface area contributed by atoms with Gasteiger partial charge >= 0.3 is 0 Å². The zero-order valence-electron chi connectivity index (χ0n) is 7.16. The minimum absolute atomic E-state index is 0.625. The second kappa shape index (κ2) is 3.57. The number of benzene rings is 1. The molecule has 1 radical (unpaired) electrons. The third kappa shape index (κ3) is 1.58. The fourth-order valence-electron chi connectivity index (χ4n) is 1.71. The largest absolute Gasteiger partial charge is 0.0879 e. The molecule has 12 heavy (non-hydrogen) atoms. The summed E-state index contributed by atoms with van der Waals surface area (Å²) in [6.07, 6.45) is 8.47. The molecule has 0 bridgehead atoms. The molecule has 0 spiro atoms. The normalized spacial score (nSPS) is 22.5. The van der Waals surface area contributed by atoms with E-state index in [-0.39, 0.29) is 0 Å². The first-order chi connectivity index (χ1) is 5.97. The Bertz CT molecular complexity index is 259. The third-order valence-electron chi connectivity index (χ3n) is 2.39. The highest BCUT2D eigenvalue weighted by Gasteiger charge is 2.09. The Balaban J connectivity index is 2.19. The van der Waals surface area contributed by atoms with Crippen molar-refractivity contribution in [2.45, 2.75) is 25.2 Å². The maximum absolute atomic E-state index is 3.29. The highest BCUT2D eigenvalue weighted by Crippen LogP contribution is 2.26. The van der Waals surface area contributed by atoms with Crippen LogP contribution in [0.3, 0.4) is 0 Å². The Labute approximate surface area is 73.9 Å². The van der Waals surface area contributed by atoms with Gasteiger partial charge in [0.1, 0.15) is 0 Å². The van der Waals surface area contributed by atoms with Gasteiger partial charge in [0.05, 0.1) is 0 Å². The average molecular weight is 157 g/mol. The van der Waals surface area contributed by atoms with Crippen LogP contribution >= 0.6 is 0 Å². The van der Waals surface area contributed by atoms with Crippen molar-refractivity contribution in [3.05, 3.63) is 48.0 Å². The lowest BCUT2D eigenvalue weighted by atomic mass is 9.89. The molecule has 2 rings (SSSR count). The van der Waals surface area contributed by atoms with Gasteiger partial charge in [-0.2, -0.15) is 0 Å². The summed E-state index contributed by atoms with van der Waals surface area (Å²) >= 11 is 0. The molecule has 0 aromatic heterocycles. The van der Waals surface area contributed by atoms with Gasteiger partial charge in [-0.3, -0.25) is 0 Å². The molecule has 1 aromatic carbocycles. The van der Waals surface area contributed by atoms with Gasteiger partial charge in [0.15, 0.2) is 0 Å². The van der Waals surface area contributed by atoms with Gasteiger partial charge < -0.3 is 0 Å². The molecular formula is C12H13. The maximum atomic E-state index is 3.29. The van der Waals surface area contributed by atoms with E-state index in [1.807, 2.05) is 12.1 Å². The molecule has 0 amide bonds. The first kappa shape index (κ1) is 7.60. The fraction of sp³-hybridized carbons (Fsp3) is 0.333. The topological polar surface area (TPSA) is 0 Å². The van der Waals surface area contributed by atoms with E-state index in [1.165, 1.54) is 24.8 Å². The van der Waals surface area contributed by atoms with E-state index in [4.69, 9.17) is 0 Å². The van der Waals surface area contributed by atoms with E-state index in [2.05, 4.69) is 30.4 Å². The average Bonchev–Trinajstić information content (AvgIpc) is 2.21. The predicted octanol–water partition coefficient (Wildman–Crippen LogP) is 3.31. The molecule has 0 nitrogen and oxygen atoms in total. The number of allylic oxidation sites excluding steroid dienone is 2. The number of hydrogen-bond acceptors (Lipinski definition) is 0. The van der Waals surface area contributed by atoms with E-state index in [9.17, 15) is 0 Å². The van der Waals surface area contributed by atoms with Crippen LogP contribution in [0.2, 0.25) is 0 Å². The Hall–Kier alpha value is -1.04. The molecule has 0 heteroatoms. The fourth-order valence-corrected chi connectivity index (χ4v) is 1.71. The summed E-state index contributed by atoms with van der Waals surface area (Å²) in [5.74, 6) is 0.625. The van der Waals surface area contributed by atoms with Crippen molar-refractivity contribution in [1.29, 1.82) is 0 Å². The molecule has 61 valence electrons. The van der Waals surface area contributed by atoms with Gasteiger partial charge in [0.2, 0.25) is 0 Å². The first-order valence-electron chi connectivity index (χ1n) is 4.60. The van der Waals surface area contributed by atoms with Gasteiger partial charge in [0, 0.05) is 5.92 Å². The van der Waals surface area contributed by atoms with Gasteiger partial charge in [-0.25, -0.2) is 0 Å². The summed E-state index contributed by atoms with van der Waals surface area (Å²) in [5, 5.41) is 0. The smallest absolute Gasteiger partial charge is 0.00242 e. The van der Waals surface area contributed by atoms with Crippen LogP contribution in [-0.4, -0.2) is 0 Å². The quantitative estimate of drug-likeness (QED) is 0.549. The summed E-state index contributed by atoms with van der Waals surface area (Å²) < 4.78 is 0. The first-order valence-corrected chi connectivity index (χ1v) is 4.60. The summed E-state index contributed by atoms with van der Waals surface area (Å²) in [4.78, 5) is 0. The second-order valence-electron chi connectivity index (χ2n) is 3.28. The second-order valence-corrected chi connectivity index (χ2v) is 3.28. The number of hydrogen-bond donors (Lipinski definition) is 0. The SMILES string of the molecule is [c]1ccccc1C1C=CCCC1. The summed E-state index contributed by atoms with van der Waals surface area (Å²) in [5.41, 5.74) is 1.34. The summed E-state index contributed by atoms with van der Waals surface area (Å²) in [7, 11) is 0. The van der Waals surface area contributed by atoms with Crippen molar-refractivity contribution < 1.29 is 0 Å². The molecule has 1 atom stereocenters. The molecule has 1 unspecified atom stereocenters. The molecule has 0 saturated heterocycles. The predicted molar refractivity (Wildman–Crippen MR) is 51.0 cm³/mol. The lowest BCUT2D eigenvalue weighted by Crippen LogP contribution is -1.98. The minimum atomic E-state index is 0.625. The standard InChI is InChI=1S/C12H13/c1-3-7-11(8-4-1)12-9-5-2-6-10-12/h1,3-5,7,9,12H,2,6,10H2. The van der Waals surface area contributed by atoms with Crippen LogP contribution in [0.4, 0.5) is 0 Å². The zero-order valence-corrected chi connectivity index (χ0v) is 7.16. The van der Waals surface area contributed by atoms with Crippen molar-refractivity contribution in [1.82, 2.24) is 0 Å². The van der Waals surface area contributed by atoms with E-state index < -0.39 is 0 Å². The Morgan fingerprint density at radius 1 is 1.33 bits per heavy atom. The maximum Gasteiger partial charge on any atom is 0.00242 e. The van der Waals surface area contributed by atoms with Crippen LogP contribution in [0, 0.1) is 6.07 Å². The molecule has 1 aliphatic rings. The van der Waals surface area contributed by atoms with E-state index >= 15 is 0 Å². The molecule has 0 heterocycles. The molecule has 0 aliphatic heterocycles. The minimum Gasteiger partial charge on any atom is -0.0879 e. The zero-order chi connectivity index (χ0) is 8.23. The van der Waals surface area contributed by atoms with Crippen molar-refractivity contribution in [2.24, 2.45) is 0 Å². The molecule has 1 aromatic rings. The Morgan fingerprint density at radius 2 is 2.33 bits per heavy atom. The number of rotatable bonds is 1. The Morgan fingerprint density at radius 3 is 3.00 bits per heavy atom. The summed E-state index contributed by atoms with van der Waals surface area (Å²) in [6.45, 7) is 0. The molecule has 1 aliphatic carbocycles. The molecule has 0 saturated carbocycles. The lowest BCUT2D eigenvalue weighted by Gasteiger charge is -2.15. The van der Waals surface area contributed by atoms with Crippen LogP contribution in [-0.2, 0) is 0 Å². The molecule has 0 fully saturated rings. The van der Waals surface area contributed by atoms with Crippen molar-refractivity contribution in [2.75, 3.05) is 0 Å². The van der Waals surface area contributed by atoms with Gasteiger partial charge in [-0.15, -0.1) is 0 Å². The molecular weight excluding hydrogens is 144 g/mol. The van der Waals surface area contributed by atoms with Crippen LogP contribution < -0.4 is 0 Å². The highest BCUT2D eigenvalue weighted by molar-refractivity contribution is 5.23. The van der Waals surface area contributed by atoms with Crippen LogP contribution in [0.1, 0.15) is 30.7 Å². The van der Waals surface area contributed by atoms with Crippen LogP contribution in [0.5, 0.6) is 0 Å². The van der Waals surface area contributed by atoms with Crippen molar-refractivity contribution in [3.8, 4) is 0 Å². The van der Waals surface area contributed by atoms with Gasteiger partial charge in [0.25, 0.3) is 0 Å². The van der Waals surface area contributed by atoms with Gasteiger partial charge in [-0.05, 0) is 30.9 Å².